The van der Waals surface area contributed by atoms with Crippen LogP contribution in [-0.4, -0.2) is 35.7 Å². The number of aromatic nitrogens is 2. The molecular formula is C28H26N4O4. The van der Waals surface area contributed by atoms with Crippen LogP contribution in [0.4, 0.5) is 5.69 Å². The Bertz CT molecular complexity index is 1370. The molecule has 36 heavy (non-hydrogen) atoms. The van der Waals surface area contributed by atoms with Gasteiger partial charge in [0.2, 0.25) is 5.91 Å². The van der Waals surface area contributed by atoms with E-state index in [9.17, 15) is 9.59 Å². The van der Waals surface area contributed by atoms with Gasteiger partial charge in [0.05, 0.1) is 30.5 Å². The Morgan fingerprint density at radius 1 is 1.08 bits per heavy atom. The Kier molecular flexibility index (Phi) is 6.66. The molecule has 1 aromatic heterocycles. The van der Waals surface area contributed by atoms with Gasteiger partial charge < -0.3 is 20.1 Å². The molecule has 0 radical (unpaired) electrons. The first-order chi connectivity index (χ1) is 17.6. The zero-order chi connectivity index (χ0) is 24.9. The van der Waals surface area contributed by atoms with E-state index in [1.54, 1.807) is 31.6 Å². The molecule has 0 fully saturated rings. The lowest BCUT2D eigenvalue weighted by Gasteiger charge is -2.25. The molecule has 1 unspecified atom stereocenters. The van der Waals surface area contributed by atoms with E-state index < -0.39 is 5.92 Å². The maximum atomic E-state index is 13.2. The van der Waals surface area contributed by atoms with Gasteiger partial charge in [-0.2, -0.15) is 5.10 Å². The standard InChI is InChI=1S/C28H26N4O4/c1-35-23-8-10-26-20(12-23)11-21(17-36-26)27(33)32-25-9-7-19(22-15-30-31-16-22)13-24(25)28(34)29-14-18-5-3-2-4-6-18/h2-10,12-13,15-16,21H,11,14,17H2,1H3,(H,29,34)(H,30,31)(H,32,33). The molecule has 8 heteroatoms. The van der Waals surface area contributed by atoms with Gasteiger partial charge in [0.25, 0.3) is 5.91 Å². The van der Waals surface area contributed by atoms with Crippen molar-refractivity contribution < 1.29 is 19.1 Å². The molecule has 2 heterocycles. The molecule has 3 N–H and O–H groups in total. The summed E-state index contributed by atoms with van der Waals surface area (Å²) in [5.74, 6) is 0.570. The summed E-state index contributed by atoms with van der Waals surface area (Å²) in [6.07, 6.45) is 3.95. The number of ether oxygens (including phenoxy) is 2. The predicted molar refractivity (Wildman–Crippen MR) is 136 cm³/mol. The molecule has 3 aromatic carbocycles. The number of amides is 2. The number of fused-ring (bicyclic) bond motifs is 1. The van der Waals surface area contributed by atoms with Crippen LogP contribution in [0, 0.1) is 5.92 Å². The lowest BCUT2D eigenvalue weighted by Crippen LogP contribution is -2.33. The third-order valence-corrected chi connectivity index (χ3v) is 6.19. The van der Waals surface area contributed by atoms with Crippen LogP contribution in [0.15, 0.2) is 79.1 Å². The van der Waals surface area contributed by atoms with Gasteiger partial charge in [-0.1, -0.05) is 36.4 Å². The van der Waals surface area contributed by atoms with Crippen LogP contribution in [0.25, 0.3) is 11.1 Å². The molecular weight excluding hydrogens is 456 g/mol. The van der Waals surface area contributed by atoms with Crippen LogP contribution >= 0.6 is 0 Å². The van der Waals surface area contributed by atoms with Crippen molar-refractivity contribution >= 4 is 17.5 Å². The molecule has 8 nitrogen and oxygen atoms in total. The molecule has 0 saturated heterocycles. The highest BCUT2D eigenvalue weighted by molar-refractivity contribution is 6.05. The van der Waals surface area contributed by atoms with Crippen LogP contribution in [-0.2, 0) is 17.8 Å². The van der Waals surface area contributed by atoms with E-state index in [2.05, 4.69) is 20.8 Å². The minimum atomic E-state index is -0.404. The van der Waals surface area contributed by atoms with Crippen LogP contribution in [0.1, 0.15) is 21.5 Å². The van der Waals surface area contributed by atoms with Crippen LogP contribution in [0.3, 0.4) is 0 Å². The topological polar surface area (TPSA) is 105 Å². The first-order valence-electron chi connectivity index (χ1n) is 11.7. The molecule has 4 aromatic rings. The minimum Gasteiger partial charge on any atom is -0.497 e. The summed E-state index contributed by atoms with van der Waals surface area (Å²) in [7, 11) is 1.60. The first-order valence-corrected chi connectivity index (χ1v) is 11.7. The van der Waals surface area contributed by atoms with Gasteiger partial charge in [-0.3, -0.25) is 14.7 Å². The summed E-state index contributed by atoms with van der Waals surface area (Å²) in [5.41, 5.74) is 4.36. The normalized spacial score (nSPS) is 14.3. The average molecular weight is 483 g/mol. The number of carbonyl (C=O) groups is 2. The number of rotatable bonds is 7. The van der Waals surface area contributed by atoms with Crippen molar-refractivity contribution in [3.05, 3.63) is 95.8 Å². The lowest BCUT2D eigenvalue weighted by atomic mass is 9.95. The average Bonchev–Trinajstić information content (AvgIpc) is 3.47. The number of hydrogen-bond donors (Lipinski definition) is 3. The second-order valence-electron chi connectivity index (χ2n) is 8.59. The summed E-state index contributed by atoms with van der Waals surface area (Å²) in [5, 5.41) is 12.7. The van der Waals surface area contributed by atoms with Crippen LogP contribution in [0.2, 0.25) is 0 Å². The van der Waals surface area contributed by atoms with Crippen molar-refractivity contribution in [1.82, 2.24) is 15.5 Å². The van der Waals surface area contributed by atoms with E-state index in [0.717, 1.165) is 28.0 Å². The lowest BCUT2D eigenvalue weighted by molar-refractivity contribution is -0.121. The molecule has 1 aliphatic heterocycles. The second kappa shape index (κ2) is 10.4. The zero-order valence-electron chi connectivity index (χ0n) is 19.8. The number of hydrogen-bond acceptors (Lipinski definition) is 5. The maximum Gasteiger partial charge on any atom is 0.253 e. The van der Waals surface area contributed by atoms with Crippen molar-refractivity contribution in [2.24, 2.45) is 5.92 Å². The Morgan fingerprint density at radius 2 is 1.94 bits per heavy atom. The number of aromatic amines is 1. The Morgan fingerprint density at radius 3 is 2.72 bits per heavy atom. The molecule has 0 aliphatic carbocycles. The summed E-state index contributed by atoms with van der Waals surface area (Å²) in [6.45, 7) is 0.631. The van der Waals surface area contributed by atoms with Crippen molar-refractivity contribution in [3.63, 3.8) is 0 Å². The number of anilines is 1. The maximum absolute atomic E-state index is 13.2. The van der Waals surface area contributed by atoms with E-state index in [0.29, 0.717) is 30.0 Å². The monoisotopic (exact) mass is 482 g/mol. The Labute approximate surface area is 208 Å². The molecule has 0 spiro atoms. The number of nitrogens with zero attached hydrogens (tertiary/aromatic N) is 1. The van der Waals surface area contributed by atoms with Gasteiger partial charge in [-0.25, -0.2) is 0 Å². The number of carbonyl (C=O) groups excluding carboxylic acids is 2. The summed E-state index contributed by atoms with van der Waals surface area (Å²) < 4.78 is 11.1. The highest BCUT2D eigenvalue weighted by Crippen LogP contribution is 2.32. The van der Waals surface area contributed by atoms with Crippen molar-refractivity contribution in [2.45, 2.75) is 13.0 Å². The van der Waals surface area contributed by atoms with Gasteiger partial charge in [0.15, 0.2) is 0 Å². The smallest absolute Gasteiger partial charge is 0.253 e. The Balaban J connectivity index is 1.36. The second-order valence-corrected chi connectivity index (χ2v) is 8.59. The number of H-pyrrole nitrogens is 1. The van der Waals surface area contributed by atoms with E-state index in [1.165, 1.54) is 0 Å². The largest absolute Gasteiger partial charge is 0.497 e. The number of benzene rings is 3. The quantitative estimate of drug-likeness (QED) is 0.366. The zero-order valence-corrected chi connectivity index (χ0v) is 19.8. The molecule has 0 saturated carbocycles. The van der Waals surface area contributed by atoms with E-state index in [1.807, 2.05) is 54.6 Å². The van der Waals surface area contributed by atoms with Crippen molar-refractivity contribution in [1.29, 1.82) is 0 Å². The third-order valence-electron chi connectivity index (χ3n) is 6.19. The molecule has 1 atom stereocenters. The van der Waals surface area contributed by atoms with Crippen molar-refractivity contribution in [2.75, 3.05) is 19.0 Å². The molecule has 2 amide bonds. The number of methoxy groups -OCH3 is 1. The first kappa shape index (κ1) is 23.2. The predicted octanol–water partition coefficient (Wildman–Crippen LogP) is 4.21. The van der Waals surface area contributed by atoms with Gasteiger partial charge in [0.1, 0.15) is 18.1 Å². The van der Waals surface area contributed by atoms with Crippen molar-refractivity contribution in [3.8, 4) is 22.6 Å². The van der Waals surface area contributed by atoms with Gasteiger partial charge in [-0.15, -0.1) is 0 Å². The fourth-order valence-electron chi connectivity index (χ4n) is 4.20. The minimum absolute atomic E-state index is 0.211. The molecule has 182 valence electrons. The summed E-state index contributed by atoms with van der Waals surface area (Å²) in [6, 6.07) is 20.6. The fraction of sp³-hybridized carbons (Fsp3) is 0.179. The van der Waals surface area contributed by atoms with E-state index in [4.69, 9.17) is 9.47 Å². The summed E-state index contributed by atoms with van der Waals surface area (Å²) >= 11 is 0. The van der Waals surface area contributed by atoms with Gasteiger partial charge in [-0.05, 0) is 53.4 Å². The highest BCUT2D eigenvalue weighted by Gasteiger charge is 2.27. The molecule has 5 rings (SSSR count). The summed E-state index contributed by atoms with van der Waals surface area (Å²) in [4.78, 5) is 26.5. The van der Waals surface area contributed by atoms with E-state index in [-0.39, 0.29) is 18.4 Å². The molecule has 0 bridgehead atoms. The SMILES string of the molecule is COc1ccc2c(c1)CC(C(=O)Nc1ccc(-c3cn[nH]c3)cc1C(=O)NCc1ccccc1)CO2. The number of nitrogens with one attached hydrogen (secondary N) is 3. The van der Waals surface area contributed by atoms with Gasteiger partial charge in [0, 0.05) is 18.3 Å². The Hall–Kier alpha value is -4.59. The van der Waals surface area contributed by atoms with Crippen LogP contribution in [0.5, 0.6) is 11.5 Å². The third kappa shape index (κ3) is 5.07. The highest BCUT2D eigenvalue weighted by atomic mass is 16.5. The van der Waals surface area contributed by atoms with Crippen LogP contribution < -0.4 is 20.1 Å². The molecule has 1 aliphatic rings. The van der Waals surface area contributed by atoms with Gasteiger partial charge >= 0.3 is 0 Å². The fourth-order valence-corrected chi connectivity index (χ4v) is 4.20. The van der Waals surface area contributed by atoms with E-state index >= 15 is 0 Å².